The Kier molecular flexibility index (Phi) is 4.46. The molecule has 1 aromatic carbocycles. The molecule has 0 spiro atoms. The summed E-state index contributed by atoms with van der Waals surface area (Å²) in [5.74, 6) is -2.03. The van der Waals surface area contributed by atoms with Crippen LogP contribution in [0.25, 0.3) is 0 Å². The Morgan fingerprint density at radius 3 is 2.76 bits per heavy atom. The van der Waals surface area contributed by atoms with E-state index < -0.39 is 12.1 Å². The van der Waals surface area contributed by atoms with Crippen LogP contribution in [0.15, 0.2) is 24.3 Å². The first kappa shape index (κ1) is 15.3. The van der Waals surface area contributed by atoms with Crippen molar-refractivity contribution >= 4 is 17.5 Å². The van der Waals surface area contributed by atoms with E-state index in [1.165, 1.54) is 12.1 Å². The van der Waals surface area contributed by atoms with Crippen molar-refractivity contribution in [3.8, 4) is 0 Å². The standard InChI is InChI=1S/C13H14F3N3O2/c14-13(15,16)12(21)19-9-3-1-2-8(4-9)6-17-10-5-11(20)18-7-10/h1-4,10,17H,5-7H2,(H,18,20)(H,19,21). The van der Waals surface area contributed by atoms with Crippen LogP contribution >= 0.6 is 0 Å². The maximum absolute atomic E-state index is 12.2. The van der Waals surface area contributed by atoms with Crippen LogP contribution in [0, 0.1) is 0 Å². The molecular formula is C13H14F3N3O2. The van der Waals surface area contributed by atoms with Crippen molar-refractivity contribution in [2.45, 2.75) is 25.2 Å². The molecule has 1 aromatic rings. The first-order chi connectivity index (χ1) is 9.84. The van der Waals surface area contributed by atoms with Crippen molar-refractivity contribution in [2.75, 3.05) is 11.9 Å². The molecule has 3 N–H and O–H groups in total. The van der Waals surface area contributed by atoms with Crippen LogP contribution in [0.5, 0.6) is 0 Å². The van der Waals surface area contributed by atoms with Gasteiger partial charge in [0.05, 0.1) is 0 Å². The third-order valence-corrected chi connectivity index (χ3v) is 3.01. The molecule has 1 unspecified atom stereocenters. The summed E-state index contributed by atoms with van der Waals surface area (Å²) < 4.78 is 36.5. The van der Waals surface area contributed by atoms with Crippen LogP contribution in [0.4, 0.5) is 18.9 Å². The van der Waals surface area contributed by atoms with E-state index >= 15 is 0 Å². The molecule has 0 aliphatic carbocycles. The summed E-state index contributed by atoms with van der Waals surface area (Å²) in [4.78, 5) is 21.9. The summed E-state index contributed by atoms with van der Waals surface area (Å²) in [6, 6.07) is 6.13. The van der Waals surface area contributed by atoms with Crippen LogP contribution in [0.2, 0.25) is 0 Å². The molecule has 1 aliphatic heterocycles. The van der Waals surface area contributed by atoms with Crippen LogP contribution < -0.4 is 16.0 Å². The van der Waals surface area contributed by atoms with Crippen molar-refractivity contribution in [3.05, 3.63) is 29.8 Å². The average Bonchev–Trinajstić information content (AvgIpc) is 2.82. The van der Waals surface area contributed by atoms with Gasteiger partial charge in [-0.25, -0.2) is 0 Å². The molecule has 1 aliphatic rings. The second-order valence-corrected chi connectivity index (χ2v) is 4.74. The number of hydrogen-bond acceptors (Lipinski definition) is 3. The number of halogens is 3. The zero-order valence-corrected chi connectivity index (χ0v) is 11.0. The van der Waals surface area contributed by atoms with Gasteiger partial charge in [-0.2, -0.15) is 13.2 Å². The molecule has 5 nitrogen and oxygen atoms in total. The van der Waals surface area contributed by atoms with Gasteiger partial charge in [0.25, 0.3) is 0 Å². The quantitative estimate of drug-likeness (QED) is 0.782. The van der Waals surface area contributed by atoms with E-state index in [4.69, 9.17) is 0 Å². The number of nitrogens with one attached hydrogen (secondary N) is 3. The topological polar surface area (TPSA) is 70.2 Å². The Morgan fingerprint density at radius 2 is 2.14 bits per heavy atom. The van der Waals surface area contributed by atoms with Gasteiger partial charge >= 0.3 is 12.1 Å². The number of carbonyl (C=O) groups excluding carboxylic acids is 2. The minimum Gasteiger partial charge on any atom is -0.354 e. The molecule has 0 aromatic heterocycles. The lowest BCUT2D eigenvalue weighted by atomic mass is 10.1. The SMILES string of the molecule is O=C1CC(NCc2cccc(NC(=O)C(F)(F)F)c2)CN1. The van der Waals surface area contributed by atoms with Crippen LogP contribution in [0.3, 0.4) is 0 Å². The third kappa shape index (κ3) is 4.45. The van der Waals surface area contributed by atoms with Crippen molar-refractivity contribution in [1.82, 2.24) is 10.6 Å². The lowest BCUT2D eigenvalue weighted by Gasteiger charge is -2.12. The van der Waals surface area contributed by atoms with Gasteiger partial charge in [-0.05, 0) is 17.7 Å². The molecular weight excluding hydrogens is 287 g/mol. The van der Waals surface area contributed by atoms with E-state index in [-0.39, 0.29) is 17.6 Å². The first-order valence-corrected chi connectivity index (χ1v) is 6.32. The van der Waals surface area contributed by atoms with Gasteiger partial charge in [0.15, 0.2) is 0 Å². The Labute approximate surface area is 118 Å². The Balaban J connectivity index is 1.91. The van der Waals surface area contributed by atoms with Crippen LogP contribution in [-0.2, 0) is 16.1 Å². The Hall–Kier alpha value is -2.09. The molecule has 2 rings (SSSR count). The van der Waals surface area contributed by atoms with Crippen molar-refractivity contribution in [2.24, 2.45) is 0 Å². The summed E-state index contributed by atoms with van der Waals surface area (Å²) in [5.41, 5.74) is 0.798. The zero-order valence-electron chi connectivity index (χ0n) is 11.0. The number of alkyl halides is 3. The second kappa shape index (κ2) is 6.13. The normalized spacial score (nSPS) is 18.4. The molecule has 0 bridgehead atoms. The first-order valence-electron chi connectivity index (χ1n) is 6.32. The summed E-state index contributed by atoms with van der Waals surface area (Å²) in [7, 11) is 0. The highest BCUT2D eigenvalue weighted by molar-refractivity contribution is 5.94. The van der Waals surface area contributed by atoms with E-state index in [1.807, 2.05) is 0 Å². The minimum absolute atomic E-state index is 0.00548. The molecule has 21 heavy (non-hydrogen) atoms. The molecule has 0 radical (unpaired) electrons. The molecule has 8 heteroatoms. The molecule has 114 valence electrons. The van der Waals surface area contributed by atoms with Gasteiger partial charge in [-0.15, -0.1) is 0 Å². The highest BCUT2D eigenvalue weighted by Gasteiger charge is 2.38. The average molecular weight is 301 g/mol. The predicted octanol–water partition coefficient (Wildman–Crippen LogP) is 1.17. The summed E-state index contributed by atoms with van der Waals surface area (Å²) >= 11 is 0. The lowest BCUT2D eigenvalue weighted by molar-refractivity contribution is -0.167. The molecule has 1 atom stereocenters. The molecule has 0 saturated carbocycles. The maximum atomic E-state index is 12.2. The van der Waals surface area contributed by atoms with Gasteiger partial charge in [0.1, 0.15) is 0 Å². The highest BCUT2D eigenvalue weighted by atomic mass is 19.4. The zero-order chi connectivity index (χ0) is 15.5. The van der Waals surface area contributed by atoms with Crippen LogP contribution in [-0.4, -0.2) is 30.6 Å². The molecule has 1 heterocycles. The van der Waals surface area contributed by atoms with Crippen LogP contribution in [0.1, 0.15) is 12.0 Å². The van der Waals surface area contributed by atoms with Gasteiger partial charge in [-0.1, -0.05) is 12.1 Å². The minimum atomic E-state index is -4.91. The predicted molar refractivity (Wildman–Crippen MR) is 69.4 cm³/mol. The van der Waals surface area contributed by atoms with Crippen molar-refractivity contribution in [3.63, 3.8) is 0 Å². The van der Waals surface area contributed by atoms with E-state index in [2.05, 4.69) is 10.6 Å². The Morgan fingerprint density at radius 1 is 1.38 bits per heavy atom. The van der Waals surface area contributed by atoms with Crippen molar-refractivity contribution < 1.29 is 22.8 Å². The Bertz CT molecular complexity index is 546. The van der Waals surface area contributed by atoms with Gasteiger partial charge in [0, 0.05) is 31.2 Å². The maximum Gasteiger partial charge on any atom is 0.471 e. The lowest BCUT2D eigenvalue weighted by Crippen LogP contribution is -2.31. The smallest absolute Gasteiger partial charge is 0.354 e. The van der Waals surface area contributed by atoms with E-state index in [0.29, 0.717) is 25.1 Å². The van der Waals surface area contributed by atoms with Gasteiger partial charge in [0.2, 0.25) is 5.91 Å². The molecule has 2 amide bonds. The number of carbonyl (C=O) groups is 2. The fourth-order valence-corrected chi connectivity index (χ4v) is 1.97. The molecule has 1 fully saturated rings. The number of hydrogen-bond donors (Lipinski definition) is 3. The van der Waals surface area contributed by atoms with Gasteiger partial charge < -0.3 is 16.0 Å². The summed E-state index contributed by atoms with van der Waals surface area (Å²) in [5, 5.41) is 7.60. The van der Waals surface area contributed by atoms with Gasteiger partial charge in [-0.3, -0.25) is 9.59 Å². The number of benzene rings is 1. The number of anilines is 1. The largest absolute Gasteiger partial charge is 0.471 e. The van der Waals surface area contributed by atoms with Crippen molar-refractivity contribution in [1.29, 1.82) is 0 Å². The monoisotopic (exact) mass is 301 g/mol. The highest BCUT2D eigenvalue weighted by Crippen LogP contribution is 2.19. The second-order valence-electron chi connectivity index (χ2n) is 4.74. The molecule has 1 saturated heterocycles. The third-order valence-electron chi connectivity index (χ3n) is 3.01. The summed E-state index contributed by atoms with van der Waals surface area (Å²) in [6.07, 6.45) is -4.53. The number of rotatable bonds is 4. The fourth-order valence-electron chi connectivity index (χ4n) is 1.97. The number of amides is 2. The fraction of sp³-hybridized carbons (Fsp3) is 0.385. The van der Waals surface area contributed by atoms with E-state index in [1.54, 1.807) is 17.4 Å². The summed E-state index contributed by atoms with van der Waals surface area (Å²) in [6.45, 7) is 0.929. The van der Waals surface area contributed by atoms with E-state index in [0.717, 1.165) is 0 Å². The van der Waals surface area contributed by atoms with E-state index in [9.17, 15) is 22.8 Å².